The zero-order chi connectivity index (χ0) is 13.7. The minimum absolute atomic E-state index is 0.0155. The third-order valence-corrected chi connectivity index (χ3v) is 2.47. The standard InChI is InChI=1S/C12H14BrNO4/c1-7(2)14-11(15)6-18-10-4-3-8(13)5-9(10)12(16)17/h3-5,7H,6H2,1-2H3,(H,14,15)(H,16,17). The fourth-order valence-electron chi connectivity index (χ4n) is 1.30. The Kier molecular flexibility index (Phi) is 5.15. The number of aromatic carboxylic acids is 1. The minimum atomic E-state index is -1.10. The van der Waals surface area contributed by atoms with Gasteiger partial charge in [0.1, 0.15) is 11.3 Å². The number of nitrogens with one attached hydrogen (secondary N) is 1. The normalized spacial score (nSPS) is 10.2. The van der Waals surface area contributed by atoms with Crippen molar-refractivity contribution in [3.05, 3.63) is 28.2 Å². The van der Waals surface area contributed by atoms with Crippen molar-refractivity contribution in [2.45, 2.75) is 19.9 Å². The number of carboxylic acids is 1. The summed E-state index contributed by atoms with van der Waals surface area (Å²) in [6.45, 7) is 3.46. The molecule has 1 aromatic rings. The van der Waals surface area contributed by atoms with Gasteiger partial charge in [0.25, 0.3) is 5.91 Å². The maximum absolute atomic E-state index is 11.4. The summed E-state index contributed by atoms with van der Waals surface area (Å²) in [5.41, 5.74) is 0.0155. The summed E-state index contributed by atoms with van der Waals surface area (Å²) in [7, 11) is 0. The lowest BCUT2D eigenvalue weighted by molar-refractivity contribution is -0.123. The predicted octanol–water partition coefficient (Wildman–Crippen LogP) is 2.05. The van der Waals surface area contributed by atoms with Gasteiger partial charge in [-0.25, -0.2) is 4.79 Å². The highest BCUT2D eigenvalue weighted by Crippen LogP contribution is 2.23. The van der Waals surface area contributed by atoms with Crippen LogP contribution in [0.5, 0.6) is 5.75 Å². The van der Waals surface area contributed by atoms with E-state index in [1.807, 2.05) is 13.8 Å². The number of halogens is 1. The minimum Gasteiger partial charge on any atom is -0.483 e. The Bertz CT molecular complexity index is 459. The van der Waals surface area contributed by atoms with Gasteiger partial charge < -0.3 is 15.2 Å². The Morgan fingerprint density at radius 1 is 1.44 bits per heavy atom. The molecule has 0 saturated carbocycles. The average Bonchev–Trinajstić information content (AvgIpc) is 2.26. The number of amides is 1. The quantitative estimate of drug-likeness (QED) is 0.872. The Morgan fingerprint density at radius 2 is 2.11 bits per heavy atom. The fraction of sp³-hybridized carbons (Fsp3) is 0.333. The molecule has 6 heteroatoms. The molecule has 1 rings (SSSR count). The van der Waals surface area contributed by atoms with Crippen molar-refractivity contribution in [1.29, 1.82) is 0 Å². The monoisotopic (exact) mass is 315 g/mol. The average molecular weight is 316 g/mol. The van der Waals surface area contributed by atoms with Gasteiger partial charge in [-0.2, -0.15) is 0 Å². The molecule has 0 saturated heterocycles. The molecule has 0 radical (unpaired) electrons. The van der Waals surface area contributed by atoms with Crippen LogP contribution >= 0.6 is 15.9 Å². The van der Waals surface area contributed by atoms with E-state index < -0.39 is 5.97 Å². The highest BCUT2D eigenvalue weighted by atomic mass is 79.9. The van der Waals surface area contributed by atoms with Crippen molar-refractivity contribution < 1.29 is 19.4 Å². The maximum atomic E-state index is 11.4. The molecule has 1 aromatic carbocycles. The molecule has 0 aliphatic heterocycles. The molecule has 0 bridgehead atoms. The summed E-state index contributed by atoms with van der Waals surface area (Å²) < 4.78 is 5.84. The molecule has 0 unspecified atom stereocenters. The molecular weight excluding hydrogens is 302 g/mol. The number of carbonyl (C=O) groups is 2. The van der Waals surface area contributed by atoms with Gasteiger partial charge in [-0.05, 0) is 32.0 Å². The molecule has 0 fully saturated rings. The number of ether oxygens (including phenoxy) is 1. The summed E-state index contributed by atoms with van der Waals surface area (Å²) in [6, 6.07) is 4.61. The molecule has 1 amide bonds. The van der Waals surface area contributed by atoms with Gasteiger partial charge in [0.15, 0.2) is 6.61 Å². The summed E-state index contributed by atoms with van der Waals surface area (Å²) in [4.78, 5) is 22.4. The van der Waals surface area contributed by atoms with E-state index in [0.29, 0.717) is 4.47 Å². The van der Waals surface area contributed by atoms with Crippen LogP contribution in [-0.2, 0) is 4.79 Å². The largest absolute Gasteiger partial charge is 0.483 e. The van der Waals surface area contributed by atoms with Crippen LogP contribution in [-0.4, -0.2) is 29.6 Å². The van der Waals surface area contributed by atoms with E-state index in [1.165, 1.54) is 12.1 Å². The number of rotatable bonds is 5. The first-order valence-corrected chi connectivity index (χ1v) is 6.14. The first-order chi connectivity index (χ1) is 8.40. The van der Waals surface area contributed by atoms with Crippen LogP contribution < -0.4 is 10.1 Å². The van der Waals surface area contributed by atoms with Crippen molar-refractivity contribution in [3.8, 4) is 5.75 Å². The topological polar surface area (TPSA) is 75.6 Å². The first-order valence-electron chi connectivity index (χ1n) is 5.35. The van der Waals surface area contributed by atoms with Crippen molar-refractivity contribution in [1.82, 2.24) is 5.32 Å². The molecule has 5 nitrogen and oxygen atoms in total. The molecule has 0 aliphatic carbocycles. The van der Waals surface area contributed by atoms with Crippen LogP contribution in [0, 0.1) is 0 Å². The van der Waals surface area contributed by atoms with Crippen molar-refractivity contribution in [2.24, 2.45) is 0 Å². The molecule has 0 heterocycles. The lowest BCUT2D eigenvalue weighted by Crippen LogP contribution is -2.34. The van der Waals surface area contributed by atoms with E-state index >= 15 is 0 Å². The van der Waals surface area contributed by atoms with Crippen LogP contribution in [0.2, 0.25) is 0 Å². The first kappa shape index (κ1) is 14.5. The van der Waals surface area contributed by atoms with Crippen molar-refractivity contribution in [2.75, 3.05) is 6.61 Å². The second kappa shape index (κ2) is 6.39. The maximum Gasteiger partial charge on any atom is 0.339 e. The molecule has 0 spiro atoms. The SMILES string of the molecule is CC(C)NC(=O)COc1ccc(Br)cc1C(=O)O. The van der Waals surface area contributed by atoms with Gasteiger partial charge in [-0.1, -0.05) is 15.9 Å². The summed E-state index contributed by atoms with van der Waals surface area (Å²) in [5.74, 6) is -1.22. The van der Waals surface area contributed by atoms with E-state index in [9.17, 15) is 9.59 Å². The van der Waals surface area contributed by atoms with Gasteiger partial charge >= 0.3 is 5.97 Å². The van der Waals surface area contributed by atoms with Crippen LogP contribution in [0.25, 0.3) is 0 Å². The molecule has 0 aromatic heterocycles. The Hall–Kier alpha value is -1.56. The van der Waals surface area contributed by atoms with E-state index in [0.717, 1.165) is 0 Å². The van der Waals surface area contributed by atoms with Crippen LogP contribution in [0.1, 0.15) is 24.2 Å². The van der Waals surface area contributed by atoms with Crippen LogP contribution in [0.3, 0.4) is 0 Å². The van der Waals surface area contributed by atoms with Gasteiger partial charge in [0, 0.05) is 10.5 Å². The molecule has 98 valence electrons. The number of hydrogen-bond donors (Lipinski definition) is 2. The zero-order valence-electron chi connectivity index (χ0n) is 10.1. The molecule has 2 N–H and O–H groups in total. The van der Waals surface area contributed by atoms with Gasteiger partial charge in [-0.3, -0.25) is 4.79 Å². The molecule has 0 aliphatic rings. The lowest BCUT2D eigenvalue weighted by atomic mass is 10.2. The van der Waals surface area contributed by atoms with Crippen LogP contribution in [0.4, 0.5) is 0 Å². The molecular formula is C12H14BrNO4. The highest BCUT2D eigenvalue weighted by molar-refractivity contribution is 9.10. The summed E-state index contributed by atoms with van der Waals surface area (Å²) in [6.07, 6.45) is 0. The van der Waals surface area contributed by atoms with Gasteiger partial charge in [-0.15, -0.1) is 0 Å². The van der Waals surface area contributed by atoms with Gasteiger partial charge in [0.05, 0.1) is 0 Å². The Labute approximate surface area is 113 Å². The Morgan fingerprint density at radius 3 is 2.67 bits per heavy atom. The summed E-state index contributed by atoms with van der Waals surface area (Å²) in [5, 5.41) is 11.7. The van der Waals surface area contributed by atoms with E-state index in [2.05, 4.69) is 21.2 Å². The second-order valence-corrected chi connectivity index (χ2v) is 4.87. The molecule has 18 heavy (non-hydrogen) atoms. The van der Waals surface area contributed by atoms with E-state index in [1.54, 1.807) is 6.07 Å². The fourth-order valence-corrected chi connectivity index (χ4v) is 1.66. The number of carboxylic acid groups (broad SMARTS) is 1. The predicted molar refractivity (Wildman–Crippen MR) is 69.9 cm³/mol. The summed E-state index contributed by atoms with van der Waals surface area (Å²) >= 11 is 3.18. The third-order valence-electron chi connectivity index (χ3n) is 1.98. The van der Waals surface area contributed by atoms with E-state index in [4.69, 9.17) is 9.84 Å². The van der Waals surface area contributed by atoms with E-state index in [-0.39, 0.29) is 29.9 Å². The smallest absolute Gasteiger partial charge is 0.339 e. The Balaban J connectivity index is 2.73. The number of hydrogen-bond acceptors (Lipinski definition) is 3. The van der Waals surface area contributed by atoms with Gasteiger partial charge in [0.2, 0.25) is 0 Å². The number of benzene rings is 1. The van der Waals surface area contributed by atoms with Crippen molar-refractivity contribution in [3.63, 3.8) is 0 Å². The molecule has 0 atom stereocenters. The third kappa shape index (κ3) is 4.37. The second-order valence-electron chi connectivity index (χ2n) is 3.96. The lowest BCUT2D eigenvalue weighted by Gasteiger charge is -2.11. The highest BCUT2D eigenvalue weighted by Gasteiger charge is 2.13. The number of carbonyl (C=O) groups excluding carboxylic acids is 1. The zero-order valence-corrected chi connectivity index (χ0v) is 11.7. The van der Waals surface area contributed by atoms with Crippen molar-refractivity contribution >= 4 is 27.8 Å². The van der Waals surface area contributed by atoms with Crippen LogP contribution in [0.15, 0.2) is 22.7 Å².